The smallest absolute Gasteiger partial charge is 0.244 e. The second-order valence-corrected chi connectivity index (χ2v) is 6.28. The minimum Gasteiger partial charge on any atom is -0.343 e. The number of rotatable bonds is 4. The Morgan fingerprint density at radius 2 is 1.84 bits per heavy atom. The Morgan fingerprint density at radius 3 is 2.40 bits per heavy atom. The normalized spacial score (nSPS) is 15.1. The Kier molecular flexibility index (Phi) is 8.58. The summed E-state index contributed by atoms with van der Waals surface area (Å²) in [7, 11) is 0. The summed E-state index contributed by atoms with van der Waals surface area (Å²) in [5, 5.41) is 0.946. The number of piperazine rings is 1. The summed E-state index contributed by atoms with van der Waals surface area (Å²) in [4.78, 5) is 21.1. The van der Waals surface area contributed by atoms with E-state index in [1.807, 2.05) is 42.2 Å². The highest BCUT2D eigenvalue weighted by Crippen LogP contribution is 2.20. The maximum atomic E-state index is 12.5. The number of anilines is 1. The van der Waals surface area contributed by atoms with Gasteiger partial charge in [0.25, 0.3) is 0 Å². The van der Waals surface area contributed by atoms with Crippen molar-refractivity contribution in [3.05, 3.63) is 41.7 Å². The van der Waals surface area contributed by atoms with E-state index in [0.717, 1.165) is 36.0 Å². The molecule has 2 heterocycles. The topological polar surface area (TPSA) is 75.4 Å². The van der Waals surface area contributed by atoms with Gasteiger partial charge in [0.05, 0.1) is 0 Å². The number of aryl methyl sites for hydroxylation is 1. The van der Waals surface area contributed by atoms with Crippen LogP contribution >= 0.6 is 36.3 Å². The molecule has 1 unspecified atom stereocenters. The lowest BCUT2D eigenvalue weighted by atomic mass is 10.1. The van der Waals surface area contributed by atoms with E-state index in [-0.39, 0.29) is 30.7 Å². The van der Waals surface area contributed by atoms with E-state index in [9.17, 15) is 4.79 Å². The first-order valence-corrected chi connectivity index (χ1v) is 8.63. The van der Waals surface area contributed by atoms with Gasteiger partial charge in [0.1, 0.15) is 11.9 Å². The number of halogens is 2. The summed E-state index contributed by atoms with van der Waals surface area (Å²) in [6.45, 7) is 4.92. The molecule has 1 aliphatic heterocycles. The second-order valence-electron chi connectivity index (χ2n) is 5.55. The second kappa shape index (κ2) is 9.91. The Morgan fingerprint density at radius 1 is 1.20 bits per heavy atom. The van der Waals surface area contributed by atoms with Crippen molar-refractivity contribution in [3.63, 3.8) is 0 Å². The SMILES string of the molecule is CCc1nsc(N2CCN(C(=O)C(N)c3ccccc3)CC2)n1.Cl.Cl. The van der Waals surface area contributed by atoms with Gasteiger partial charge in [-0.2, -0.15) is 4.37 Å². The highest BCUT2D eigenvalue weighted by molar-refractivity contribution is 7.09. The van der Waals surface area contributed by atoms with Crippen molar-refractivity contribution in [1.29, 1.82) is 0 Å². The lowest BCUT2D eigenvalue weighted by Crippen LogP contribution is -2.51. The van der Waals surface area contributed by atoms with Crippen LogP contribution in [0.4, 0.5) is 5.13 Å². The zero-order valence-corrected chi connectivity index (χ0v) is 16.4. The molecule has 1 aromatic heterocycles. The molecule has 138 valence electrons. The number of nitrogens with two attached hydrogens (primary N) is 1. The van der Waals surface area contributed by atoms with Gasteiger partial charge in [0, 0.05) is 44.1 Å². The molecule has 0 aliphatic carbocycles. The average molecular weight is 404 g/mol. The molecule has 1 saturated heterocycles. The van der Waals surface area contributed by atoms with Crippen LogP contribution in [0.3, 0.4) is 0 Å². The molecule has 0 radical (unpaired) electrons. The van der Waals surface area contributed by atoms with Crippen molar-refractivity contribution in [3.8, 4) is 0 Å². The van der Waals surface area contributed by atoms with Crippen molar-refractivity contribution in [2.24, 2.45) is 5.73 Å². The number of hydrogen-bond acceptors (Lipinski definition) is 6. The Bertz CT molecular complexity index is 662. The molecule has 6 nitrogen and oxygen atoms in total. The highest BCUT2D eigenvalue weighted by atomic mass is 35.5. The predicted molar refractivity (Wildman–Crippen MR) is 106 cm³/mol. The molecule has 1 aromatic carbocycles. The van der Waals surface area contributed by atoms with Crippen LogP contribution in [0.25, 0.3) is 0 Å². The molecule has 1 amide bonds. The number of aromatic nitrogens is 2. The molecule has 3 rings (SSSR count). The fourth-order valence-corrected chi connectivity index (χ4v) is 3.44. The van der Waals surface area contributed by atoms with Crippen LogP contribution in [-0.2, 0) is 11.2 Å². The Labute approximate surface area is 164 Å². The number of carbonyl (C=O) groups is 1. The van der Waals surface area contributed by atoms with E-state index >= 15 is 0 Å². The van der Waals surface area contributed by atoms with Gasteiger partial charge < -0.3 is 15.5 Å². The molecule has 2 N–H and O–H groups in total. The van der Waals surface area contributed by atoms with Gasteiger partial charge in [0.15, 0.2) is 0 Å². The summed E-state index contributed by atoms with van der Waals surface area (Å²) < 4.78 is 4.32. The summed E-state index contributed by atoms with van der Waals surface area (Å²) in [6, 6.07) is 8.93. The van der Waals surface area contributed by atoms with Gasteiger partial charge in [-0.05, 0) is 5.56 Å². The number of nitrogens with zero attached hydrogens (tertiary/aromatic N) is 4. The molecule has 0 bridgehead atoms. The van der Waals surface area contributed by atoms with E-state index in [4.69, 9.17) is 5.73 Å². The molecular formula is C16H23Cl2N5OS. The fraction of sp³-hybridized carbons (Fsp3) is 0.438. The minimum atomic E-state index is -0.587. The predicted octanol–water partition coefficient (Wildman–Crippen LogP) is 2.29. The molecular weight excluding hydrogens is 381 g/mol. The molecule has 1 aliphatic rings. The van der Waals surface area contributed by atoms with Gasteiger partial charge in [-0.3, -0.25) is 4.79 Å². The van der Waals surface area contributed by atoms with Crippen molar-refractivity contribution in [2.45, 2.75) is 19.4 Å². The van der Waals surface area contributed by atoms with E-state index in [0.29, 0.717) is 13.1 Å². The molecule has 9 heteroatoms. The molecule has 2 aromatic rings. The maximum Gasteiger partial charge on any atom is 0.244 e. The molecule has 25 heavy (non-hydrogen) atoms. The Hall–Kier alpha value is -1.41. The van der Waals surface area contributed by atoms with Crippen LogP contribution in [0.1, 0.15) is 24.4 Å². The lowest BCUT2D eigenvalue weighted by molar-refractivity contribution is -0.133. The average Bonchev–Trinajstić information content (AvgIpc) is 3.10. The fourth-order valence-electron chi connectivity index (χ4n) is 2.63. The van der Waals surface area contributed by atoms with Crippen LogP contribution in [0.2, 0.25) is 0 Å². The summed E-state index contributed by atoms with van der Waals surface area (Å²) in [5.41, 5.74) is 6.97. The minimum absolute atomic E-state index is 0. The van der Waals surface area contributed by atoms with Gasteiger partial charge in [-0.25, -0.2) is 4.98 Å². The molecule has 0 saturated carbocycles. The summed E-state index contributed by atoms with van der Waals surface area (Å²) in [6.07, 6.45) is 0.848. The van der Waals surface area contributed by atoms with Crippen LogP contribution in [0.5, 0.6) is 0 Å². The largest absolute Gasteiger partial charge is 0.343 e. The Balaban J connectivity index is 0.00000156. The summed E-state index contributed by atoms with van der Waals surface area (Å²) >= 11 is 1.43. The first-order valence-electron chi connectivity index (χ1n) is 7.86. The quantitative estimate of drug-likeness (QED) is 0.847. The highest BCUT2D eigenvalue weighted by Gasteiger charge is 2.27. The summed E-state index contributed by atoms with van der Waals surface area (Å²) in [5.74, 6) is 0.872. The van der Waals surface area contributed by atoms with Crippen molar-refractivity contribution in [1.82, 2.24) is 14.3 Å². The van der Waals surface area contributed by atoms with Crippen LogP contribution < -0.4 is 10.6 Å². The van der Waals surface area contributed by atoms with Crippen molar-refractivity contribution in [2.75, 3.05) is 31.1 Å². The van der Waals surface area contributed by atoms with E-state index in [1.54, 1.807) is 0 Å². The third-order valence-electron chi connectivity index (χ3n) is 4.06. The monoisotopic (exact) mass is 403 g/mol. The van der Waals surface area contributed by atoms with Crippen LogP contribution in [0.15, 0.2) is 30.3 Å². The molecule has 1 atom stereocenters. The van der Waals surface area contributed by atoms with Gasteiger partial charge in [-0.1, -0.05) is 37.3 Å². The van der Waals surface area contributed by atoms with Gasteiger partial charge in [0.2, 0.25) is 11.0 Å². The number of amides is 1. The van der Waals surface area contributed by atoms with E-state index < -0.39 is 6.04 Å². The number of carbonyl (C=O) groups excluding carboxylic acids is 1. The maximum absolute atomic E-state index is 12.5. The number of hydrogen-bond donors (Lipinski definition) is 1. The first kappa shape index (κ1) is 21.6. The van der Waals surface area contributed by atoms with Crippen LogP contribution in [0, 0.1) is 0 Å². The van der Waals surface area contributed by atoms with E-state index in [2.05, 4.69) is 14.3 Å². The lowest BCUT2D eigenvalue weighted by Gasteiger charge is -2.35. The van der Waals surface area contributed by atoms with Crippen molar-refractivity contribution >= 4 is 47.4 Å². The third-order valence-corrected chi connectivity index (χ3v) is 4.88. The standard InChI is InChI=1S/C16H21N5OS.2ClH/c1-2-13-18-16(23-19-13)21-10-8-20(9-11-21)15(22)14(17)12-6-4-3-5-7-12;;/h3-7,14H,2,8-11,17H2,1H3;2*1H. The number of benzene rings is 1. The first-order chi connectivity index (χ1) is 11.2. The van der Waals surface area contributed by atoms with Crippen LogP contribution in [-0.4, -0.2) is 46.3 Å². The third kappa shape index (κ3) is 5.04. The molecule has 0 spiro atoms. The molecule has 1 fully saturated rings. The van der Waals surface area contributed by atoms with Gasteiger partial charge in [-0.15, -0.1) is 24.8 Å². The van der Waals surface area contributed by atoms with Gasteiger partial charge >= 0.3 is 0 Å². The van der Waals surface area contributed by atoms with E-state index in [1.165, 1.54) is 11.5 Å². The zero-order valence-electron chi connectivity index (χ0n) is 14.0. The zero-order chi connectivity index (χ0) is 16.2. The van der Waals surface area contributed by atoms with Crippen molar-refractivity contribution < 1.29 is 4.79 Å².